The number of aromatic nitrogens is 2. The number of aliphatic hydroxyl groups is 1. The molecule has 19 nitrogen and oxygen atoms in total. The number of phenolic OH excluding ortho intramolecular Hbond substituents is 1. The summed E-state index contributed by atoms with van der Waals surface area (Å²) < 4.78 is 16.7. The molecular weight excluding hydrogens is 921 g/mol. The molecule has 370 valence electrons. The number of ether oxygens (including phenoxy) is 2. The second-order valence-electron chi connectivity index (χ2n) is 18.6. The Morgan fingerprint density at radius 1 is 0.957 bits per heavy atom. The molecule has 3 heterocycles. The summed E-state index contributed by atoms with van der Waals surface area (Å²) in [5.74, 6) is -2.32. The molecule has 0 bridgehead atoms. The minimum absolute atomic E-state index is 0.0127. The molecule has 70 heavy (non-hydrogen) atoms. The van der Waals surface area contributed by atoms with E-state index in [9.17, 15) is 39.0 Å². The Kier molecular flexibility index (Phi) is 16.0. The van der Waals surface area contributed by atoms with E-state index in [1.807, 2.05) is 37.3 Å². The van der Waals surface area contributed by atoms with Crippen molar-refractivity contribution in [2.45, 2.75) is 77.7 Å². The van der Waals surface area contributed by atoms with Crippen molar-refractivity contribution in [1.29, 1.82) is 0 Å². The molecule has 6 amide bonds. The van der Waals surface area contributed by atoms with Gasteiger partial charge in [-0.05, 0) is 71.7 Å². The number of hydrogen-bond acceptors (Lipinski definition) is 14. The molecule has 7 rings (SSSR count). The predicted octanol–water partition coefficient (Wildman–Crippen LogP) is 3.92. The average Bonchev–Trinajstić information content (AvgIpc) is 4.16. The number of aliphatic hydroxyl groups excluding tert-OH is 1. The zero-order valence-electron chi connectivity index (χ0n) is 39.9. The van der Waals surface area contributed by atoms with Crippen LogP contribution in [0.5, 0.6) is 11.5 Å². The quantitative estimate of drug-likeness (QED) is 0.0682. The number of phenols is 1. The van der Waals surface area contributed by atoms with Crippen molar-refractivity contribution < 1.29 is 53.0 Å². The highest BCUT2D eigenvalue weighted by molar-refractivity contribution is 7.13. The molecule has 0 unspecified atom stereocenters. The highest BCUT2D eigenvalue weighted by Crippen LogP contribution is 2.35. The fourth-order valence-electron chi connectivity index (χ4n) is 8.29. The summed E-state index contributed by atoms with van der Waals surface area (Å²) >= 11 is 1.56. The van der Waals surface area contributed by atoms with Crippen LogP contribution in [0.15, 0.2) is 76.8 Å². The number of hydrogen-bond donors (Lipinski definition) is 6. The number of amides is 6. The Bertz CT molecular complexity index is 2730. The Morgan fingerprint density at radius 2 is 1.71 bits per heavy atom. The van der Waals surface area contributed by atoms with Gasteiger partial charge in [0.2, 0.25) is 17.7 Å². The first-order chi connectivity index (χ1) is 33.4. The van der Waals surface area contributed by atoms with Crippen LogP contribution in [0.1, 0.15) is 82.9 Å². The summed E-state index contributed by atoms with van der Waals surface area (Å²) in [5, 5.41) is 36.2. The third kappa shape index (κ3) is 12.3. The summed E-state index contributed by atoms with van der Waals surface area (Å²) in [6.07, 6.45) is 0.484. The third-order valence-corrected chi connectivity index (χ3v) is 13.0. The second-order valence-corrected chi connectivity index (χ2v) is 19.4. The lowest BCUT2D eigenvalue weighted by molar-refractivity contribution is -0.144. The first-order valence-corrected chi connectivity index (χ1v) is 23.7. The zero-order chi connectivity index (χ0) is 50.3. The lowest BCUT2D eigenvalue weighted by Gasteiger charge is -2.35. The molecule has 0 spiro atoms. The van der Waals surface area contributed by atoms with Gasteiger partial charge in [0.15, 0.2) is 18.1 Å². The average molecular weight is 979 g/mol. The van der Waals surface area contributed by atoms with Crippen LogP contribution < -0.4 is 26.0 Å². The summed E-state index contributed by atoms with van der Waals surface area (Å²) in [4.78, 5) is 86.8. The van der Waals surface area contributed by atoms with E-state index >= 15 is 0 Å². The standard InChI is InChI=1S/C50H58N8O11S/c1-28-44(70-27-53-28)31-9-7-29(8-10-31)23-52-47(64)39-20-33(59)24-58(39)49(66)45(50(2,3)4)55-43(62)25-67-18-17-51-42(61)26-68-34-14-11-30-13-16-37(36(30)21-34)54-46(63)38-22-41(69-56-38)32-12-15-35(40(60)19-32)48(65)57(5)6/h7-12,14-15,19,21-22,27,33,37,39,45,59-60H,13,16-18,20,23-26H2,1-6H3,(H,51,61)(H,52,64)(H,54,63)(H,55,62)/t33-,37-,39+,45-/m1/s1. The predicted molar refractivity (Wildman–Crippen MR) is 258 cm³/mol. The maximum Gasteiger partial charge on any atom is 0.273 e. The minimum Gasteiger partial charge on any atom is -0.507 e. The Balaban J connectivity index is 0.826. The lowest BCUT2D eigenvalue weighted by Crippen LogP contribution is -2.58. The molecular formula is C50H58N8O11S. The summed E-state index contributed by atoms with van der Waals surface area (Å²) in [6.45, 7) is 6.83. The Labute approximate surface area is 408 Å². The second kappa shape index (κ2) is 22.1. The number of β-amino-alcohol motifs (C(OH)–C–C–N with tert-alkyl or cyclic N) is 1. The molecule has 1 aliphatic heterocycles. The van der Waals surface area contributed by atoms with Crippen LogP contribution in [-0.4, -0.2) is 131 Å². The SMILES string of the molecule is Cc1ncsc1-c1ccc(CNC(=O)[C@@H]2C[C@@H](O)CN2C(=O)[C@@H](NC(=O)COCCNC(=O)COc2ccc3c(c2)[C@H](NC(=O)c2cc(-c4ccc(C(=O)N(C)C)c(O)c4)on2)CC3)C(C)(C)C)cc1. The van der Waals surface area contributed by atoms with Crippen molar-refractivity contribution >= 4 is 46.8 Å². The van der Waals surface area contributed by atoms with Gasteiger partial charge in [-0.25, -0.2) is 4.98 Å². The number of carbonyl (C=O) groups is 6. The van der Waals surface area contributed by atoms with Crippen molar-refractivity contribution in [2.24, 2.45) is 5.41 Å². The van der Waals surface area contributed by atoms with Crippen molar-refractivity contribution in [3.8, 4) is 33.3 Å². The molecule has 6 N–H and O–H groups in total. The third-order valence-electron chi connectivity index (χ3n) is 12.0. The van der Waals surface area contributed by atoms with Gasteiger partial charge in [0.1, 0.15) is 30.2 Å². The van der Waals surface area contributed by atoms with Crippen molar-refractivity contribution in [1.82, 2.24) is 41.2 Å². The molecule has 5 aromatic rings. The van der Waals surface area contributed by atoms with Crippen LogP contribution >= 0.6 is 11.3 Å². The van der Waals surface area contributed by atoms with Gasteiger partial charge in [0, 0.05) is 51.8 Å². The van der Waals surface area contributed by atoms with Crippen molar-refractivity contribution in [3.63, 3.8) is 0 Å². The van der Waals surface area contributed by atoms with Crippen LogP contribution in [0.2, 0.25) is 0 Å². The van der Waals surface area contributed by atoms with Gasteiger partial charge in [0.05, 0.1) is 40.4 Å². The van der Waals surface area contributed by atoms with Crippen LogP contribution in [0.4, 0.5) is 0 Å². The molecule has 0 saturated carbocycles. The molecule has 3 aromatic carbocycles. The number of rotatable bonds is 18. The number of aromatic hydroxyl groups is 1. The normalized spacial score (nSPS) is 16.8. The van der Waals surface area contributed by atoms with E-state index in [0.717, 1.165) is 32.8 Å². The highest BCUT2D eigenvalue weighted by atomic mass is 32.1. The fraction of sp³-hybridized carbons (Fsp3) is 0.400. The molecule has 4 atom stereocenters. The Hall–Kier alpha value is -7.16. The van der Waals surface area contributed by atoms with Crippen molar-refractivity contribution in [2.75, 3.05) is 47.0 Å². The van der Waals surface area contributed by atoms with Gasteiger partial charge in [-0.15, -0.1) is 11.3 Å². The van der Waals surface area contributed by atoms with Gasteiger partial charge in [-0.2, -0.15) is 0 Å². The highest BCUT2D eigenvalue weighted by Gasteiger charge is 2.44. The molecule has 1 aliphatic carbocycles. The van der Waals surface area contributed by atoms with Crippen LogP contribution in [0.25, 0.3) is 21.8 Å². The molecule has 20 heteroatoms. The number of carbonyl (C=O) groups excluding carboxylic acids is 6. The number of likely N-dealkylation sites (tertiary alicyclic amines) is 1. The summed E-state index contributed by atoms with van der Waals surface area (Å²) in [7, 11) is 3.16. The summed E-state index contributed by atoms with van der Waals surface area (Å²) in [5.41, 5.74) is 6.32. The molecule has 2 aliphatic rings. The molecule has 1 saturated heterocycles. The molecule has 2 aromatic heterocycles. The van der Waals surface area contributed by atoms with Gasteiger partial charge >= 0.3 is 0 Å². The first kappa shape index (κ1) is 50.7. The number of nitrogens with one attached hydrogen (secondary N) is 4. The maximum absolute atomic E-state index is 14.0. The van der Waals surface area contributed by atoms with E-state index < -0.39 is 59.7 Å². The number of fused-ring (bicyclic) bond motifs is 1. The van der Waals surface area contributed by atoms with E-state index in [1.165, 1.54) is 28.0 Å². The van der Waals surface area contributed by atoms with E-state index in [2.05, 4.69) is 31.4 Å². The number of nitrogens with zero attached hydrogens (tertiary/aromatic N) is 4. The monoisotopic (exact) mass is 978 g/mol. The minimum atomic E-state index is -1.04. The summed E-state index contributed by atoms with van der Waals surface area (Å²) in [6, 6.07) is 16.8. The first-order valence-electron chi connectivity index (χ1n) is 22.8. The maximum atomic E-state index is 14.0. The fourth-order valence-corrected chi connectivity index (χ4v) is 9.10. The Morgan fingerprint density at radius 3 is 2.41 bits per heavy atom. The number of aryl methyl sites for hydroxylation is 2. The van der Waals surface area contributed by atoms with Gasteiger partial charge < -0.3 is 55.3 Å². The van der Waals surface area contributed by atoms with Gasteiger partial charge in [-0.1, -0.05) is 62.3 Å². The van der Waals surface area contributed by atoms with E-state index in [-0.39, 0.29) is 74.0 Å². The van der Waals surface area contributed by atoms with Crippen LogP contribution in [-0.2, 0) is 36.9 Å². The van der Waals surface area contributed by atoms with E-state index in [4.69, 9.17) is 14.0 Å². The van der Waals surface area contributed by atoms with Crippen LogP contribution in [0, 0.1) is 12.3 Å². The smallest absolute Gasteiger partial charge is 0.273 e. The zero-order valence-corrected chi connectivity index (χ0v) is 40.7. The largest absolute Gasteiger partial charge is 0.507 e. The van der Waals surface area contributed by atoms with E-state index in [1.54, 1.807) is 69.9 Å². The number of thiazole rings is 1. The van der Waals surface area contributed by atoms with Gasteiger partial charge in [0.25, 0.3) is 17.7 Å². The molecule has 0 radical (unpaired) electrons. The number of benzene rings is 3. The van der Waals surface area contributed by atoms with Crippen LogP contribution in [0.3, 0.4) is 0 Å². The van der Waals surface area contributed by atoms with Crippen molar-refractivity contribution in [3.05, 3.63) is 106 Å². The lowest BCUT2D eigenvalue weighted by atomic mass is 9.85. The van der Waals surface area contributed by atoms with E-state index in [0.29, 0.717) is 24.2 Å². The topological polar surface area (TPSA) is 255 Å². The van der Waals surface area contributed by atoms with Gasteiger partial charge in [-0.3, -0.25) is 28.8 Å². The molecule has 1 fully saturated rings.